The van der Waals surface area contributed by atoms with Crippen molar-refractivity contribution in [1.82, 2.24) is 14.8 Å². The van der Waals surface area contributed by atoms with Crippen molar-refractivity contribution < 1.29 is 22.7 Å². The number of benzene rings is 2. The molecule has 1 amide bonds. The van der Waals surface area contributed by atoms with E-state index in [9.17, 15) is 13.2 Å². The summed E-state index contributed by atoms with van der Waals surface area (Å²) >= 11 is 0. The number of rotatable bonds is 7. The number of sulfone groups is 1. The highest BCUT2D eigenvalue weighted by molar-refractivity contribution is 7.91. The van der Waals surface area contributed by atoms with E-state index in [0.717, 1.165) is 11.3 Å². The van der Waals surface area contributed by atoms with Crippen LogP contribution in [-0.4, -0.2) is 54.3 Å². The average Bonchev–Trinajstić information content (AvgIpc) is 3.43. The lowest BCUT2D eigenvalue weighted by molar-refractivity contribution is 0.102. The number of hydrogen-bond acceptors (Lipinski definition) is 7. The van der Waals surface area contributed by atoms with Crippen LogP contribution < -0.4 is 14.8 Å². The summed E-state index contributed by atoms with van der Waals surface area (Å²) in [4.78, 5) is 18.5. The van der Waals surface area contributed by atoms with Crippen LogP contribution in [0.2, 0.25) is 0 Å². The lowest BCUT2D eigenvalue weighted by Crippen LogP contribution is -2.15. The minimum Gasteiger partial charge on any atom is -0.497 e. The Morgan fingerprint density at radius 2 is 1.81 bits per heavy atom. The lowest BCUT2D eigenvalue weighted by Gasteiger charge is -2.13. The second kappa shape index (κ2) is 9.85. The van der Waals surface area contributed by atoms with Gasteiger partial charge in [-0.25, -0.2) is 18.1 Å². The van der Waals surface area contributed by atoms with E-state index in [1.54, 1.807) is 42.1 Å². The van der Waals surface area contributed by atoms with Crippen molar-refractivity contribution in [3.63, 3.8) is 0 Å². The topological polar surface area (TPSA) is 112 Å². The molecule has 1 aliphatic rings. The maximum Gasteiger partial charge on any atom is 0.256 e. The standard InChI is InChI=1S/C27H28N4O5S/c1-4-36-22-11-7-19(8-12-22)28-27(32)23-15-24(18-5-9-21(35-3)10-6-18)29-26-25(23)17(2)30-31(26)20-13-14-37(33,34)16-20/h5-12,15,20H,4,13-14,16H2,1-3H3,(H,28,32). The molecule has 1 atom stereocenters. The first-order valence-electron chi connectivity index (χ1n) is 12.1. The molecular weight excluding hydrogens is 492 g/mol. The van der Waals surface area contributed by atoms with Gasteiger partial charge in [-0.2, -0.15) is 5.10 Å². The number of carbonyl (C=O) groups excluding carboxylic acids is 1. The van der Waals surface area contributed by atoms with Gasteiger partial charge in [-0.15, -0.1) is 0 Å². The molecule has 4 aromatic rings. The molecular formula is C27H28N4O5S. The number of hydrogen-bond donors (Lipinski definition) is 1. The molecule has 192 valence electrons. The zero-order chi connectivity index (χ0) is 26.2. The number of pyridine rings is 1. The van der Waals surface area contributed by atoms with Gasteiger partial charge >= 0.3 is 0 Å². The molecule has 0 bridgehead atoms. The number of nitrogens with zero attached hydrogens (tertiary/aromatic N) is 3. The van der Waals surface area contributed by atoms with Crippen molar-refractivity contribution in [3.05, 3.63) is 65.9 Å². The predicted molar refractivity (Wildman–Crippen MR) is 142 cm³/mol. The minimum absolute atomic E-state index is 0.00533. The molecule has 3 heterocycles. The number of amides is 1. The van der Waals surface area contributed by atoms with Crippen LogP contribution >= 0.6 is 0 Å². The van der Waals surface area contributed by atoms with Gasteiger partial charge in [-0.1, -0.05) is 0 Å². The Morgan fingerprint density at radius 3 is 2.43 bits per heavy atom. The van der Waals surface area contributed by atoms with Gasteiger partial charge in [0.15, 0.2) is 15.5 Å². The van der Waals surface area contributed by atoms with Crippen LogP contribution in [0.15, 0.2) is 54.6 Å². The molecule has 0 aliphatic carbocycles. The SMILES string of the molecule is CCOc1ccc(NC(=O)c2cc(-c3ccc(OC)cc3)nc3c2c(C)nn3C2CCS(=O)(=O)C2)cc1. The third kappa shape index (κ3) is 5.01. The van der Waals surface area contributed by atoms with Crippen LogP contribution in [0.25, 0.3) is 22.3 Å². The van der Waals surface area contributed by atoms with Crippen LogP contribution in [0.5, 0.6) is 11.5 Å². The quantitative estimate of drug-likeness (QED) is 0.384. The van der Waals surface area contributed by atoms with Crippen LogP contribution in [-0.2, 0) is 9.84 Å². The Bertz CT molecular complexity index is 1560. The summed E-state index contributed by atoms with van der Waals surface area (Å²) in [6.07, 6.45) is 0.459. The molecule has 10 heteroatoms. The Hall–Kier alpha value is -3.92. The van der Waals surface area contributed by atoms with Gasteiger partial charge in [0.1, 0.15) is 11.5 Å². The summed E-state index contributed by atoms with van der Waals surface area (Å²) in [5.41, 5.74) is 3.51. The highest BCUT2D eigenvalue weighted by Gasteiger charge is 2.32. The fourth-order valence-electron chi connectivity index (χ4n) is 4.62. The first kappa shape index (κ1) is 24.8. The summed E-state index contributed by atoms with van der Waals surface area (Å²) in [7, 11) is -1.54. The van der Waals surface area contributed by atoms with Gasteiger partial charge in [0.05, 0.1) is 53.6 Å². The first-order valence-corrected chi connectivity index (χ1v) is 13.9. The fourth-order valence-corrected chi connectivity index (χ4v) is 6.32. The first-order chi connectivity index (χ1) is 17.8. The largest absolute Gasteiger partial charge is 0.497 e. The van der Waals surface area contributed by atoms with E-state index >= 15 is 0 Å². The minimum atomic E-state index is -3.14. The molecule has 37 heavy (non-hydrogen) atoms. The summed E-state index contributed by atoms with van der Waals surface area (Å²) in [6, 6.07) is 16.0. The maximum atomic E-state index is 13.6. The van der Waals surface area contributed by atoms with Crippen LogP contribution in [0.4, 0.5) is 5.69 Å². The molecule has 1 N–H and O–H groups in total. The second-order valence-corrected chi connectivity index (χ2v) is 11.2. The summed E-state index contributed by atoms with van der Waals surface area (Å²) < 4.78 is 36.8. The molecule has 9 nitrogen and oxygen atoms in total. The van der Waals surface area contributed by atoms with Crippen LogP contribution in [0, 0.1) is 6.92 Å². The van der Waals surface area contributed by atoms with Crippen LogP contribution in [0.1, 0.15) is 35.4 Å². The number of aromatic nitrogens is 3. The summed E-state index contributed by atoms with van der Waals surface area (Å²) in [6.45, 7) is 4.28. The Labute approximate surface area is 215 Å². The van der Waals surface area contributed by atoms with Crippen molar-refractivity contribution in [2.24, 2.45) is 0 Å². The maximum absolute atomic E-state index is 13.6. The Kier molecular flexibility index (Phi) is 6.59. The normalized spacial score (nSPS) is 16.6. The molecule has 1 fully saturated rings. The average molecular weight is 521 g/mol. The van der Waals surface area contributed by atoms with Gasteiger partial charge < -0.3 is 14.8 Å². The smallest absolute Gasteiger partial charge is 0.256 e. The van der Waals surface area contributed by atoms with E-state index in [1.165, 1.54) is 0 Å². The van der Waals surface area contributed by atoms with E-state index in [-0.39, 0.29) is 23.5 Å². The number of aryl methyl sites for hydroxylation is 1. The third-order valence-corrected chi connectivity index (χ3v) is 8.20. The molecule has 2 aromatic heterocycles. The van der Waals surface area contributed by atoms with Gasteiger partial charge in [-0.3, -0.25) is 4.79 Å². The van der Waals surface area contributed by atoms with E-state index in [1.807, 2.05) is 38.1 Å². The van der Waals surface area contributed by atoms with E-state index < -0.39 is 9.84 Å². The molecule has 2 aromatic carbocycles. The number of carbonyl (C=O) groups is 1. The zero-order valence-electron chi connectivity index (χ0n) is 20.9. The van der Waals surface area contributed by atoms with Gasteiger partial charge in [-0.05, 0) is 74.9 Å². The van der Waals surface area contributed by atoms with Crippen molar-refractivity contribution in [1.29, 1.82) is 0 Å². The molecule has 1 unspecified atom stereocenters. The fraction of sp³-hybridized carbons (Fsp3) is 0.296. The van der Waals surface area contributed by atoms with Crippen LogP contribution in [0.3, 0.4) is 0 Å². The Morgan fingerprint density at radius 1 is 1.11 bits per heavy atom. The van der Waals surface area contributed by atoms with E-state index in [2.05, 4.69) is 10.4 Å². The molecule has 5 rings (SSSR count). The number of ether oxygens (including phenoxy) is 2. The molecule has 0 saturated carbocycles. The van der Waals surface area contributed by atoms with Crippen molar-refractivity contribution in [2.75, 3.05) is 30.5 Å². The number of nitrogens with one attached hydrogen (secondary N) is 1. The molecule has 0 radical (unpaired) electrons. The lowest BCUT2D eigenvalue weighted by atomic mass is 10.0. The van der Waals surface area contributed by atoms with Crippen molar-refractivity contribution >= 4 is 32.5 Å². The third-order valence-electron chi connectivity index (χ3n) is 6.44. The number of anilines is 1. The molecule has 1 aliphatic heterocycles. The summed E-state index contributed by atoms with van der Waals surface area (Å²) in [5, 5.41) is 8.22. The zero-order valence-corrected chi connectivity index (χ0v) is 21.7. The van der Waals surface area contributed by atoms with Crippen molar-refractivity contribution in [3.8, 4) is 22.8 Å². The number of methoxy groups -OCH3 is 1. The van der Waals surface area contributed by atoms with Crippen molar-refractivity contribution in [2.45, 2.75) is 26.3 Å². The predicted octanol–water partition coefficient (Wildman–Crippen LogP) is 4.43. The Balaban J connectivity index is 1.61. The van der Waals surface area contributed by atoms with E-state index in [4.69, 9.17) is 14.5 Å². The second-order valence-electron chi connectivity index (χ2n) is 8.98. The highest BCUT2D eigenvalue weighted by atomic mass is 32.2. The number of fused-ring (bicyclic) bond motifs is 1. The highest BCUT2D eigenvalue weighted by Crippen LogP contribution is 2.33. The van der Waals surface area contributed by atoms with Gasteiger partial charge in [0, 0.05) is 11.3 Å². The summed E-state index contributed by atoms with van der Waals surface area (Å²) in [5.74, 6) is 1.23. The monoisotopic (exact) mass is 520 g/mol. The molecule has 1 saturated heterocycles. The van der Waals surface area contributed by atoms with Gasteiger partial charge in [0.2, 0.25) is 0 Å². The molecule has 0 spiro atoms. The van der Waals surface area contributed by atoms with Gasteiger partial charge in [0.25, 0.3) is 5.91 Å². The van der Waals surface area contributed by atoms with E-state index in [0.29, 0.717) is 52.4 Å².